The molecule has 32 heavy (non-hydrogen) atoms. The number of nitrogens with zero attached hydrogens (tertiary/aromatic N) is 3. The summed E-state index contributed by atoms with van der Waals surface area (Å²) in [5.74, 6) is 0.639. The summed E-state index contributed by atoms with van der Waals surface area (Å²) in [6.07, 6.45) is 3.43. The minimum atomic E-state index is -0.291. The second-order valence-electron chi connectivity index (χ2n) is 8.34. The van der Waals surface area contributed by atoms with Crippen molar-refractivity contribution >= 4 is 34.1 Å². The predicted molar refractivity (Wildman–Crippen MR) is 128 cm³/mol. The van der Waals surface area contributed by atoms with E-state index in [1.165, 1.54) is 12.1 Å². The van der Waals surface area contributed by atoms with Gasteiger partial charge in [-0.3, -0.25) is 0 Å². The highest BCUT2D eigenvalue weighted by molar-refractivity contribution is 6.35. The van der Waals surface area contributed by atoms with Crippen LogP contribution >= 0.6 is 11.6 Å². The number of hydrogen-bond donors (Lipinski definition) is 3. The van der Waals surface area contributed by atoms with Crippen molar-refractivity contribution < 1.29 is 4.39 Å². The lowest BCUT2D eigenvalue weighted by molar-refractivity contribution is 0.501. The van der Waals surface area contributed by atoms with E-state index in [9.17, 15) is 4.39 Å². The number of piperidine rings is 1. The zero-order chi connectivity index (χ0) is 22.4. The number of imidazole rings is 1. The van der Waals surface area contributed by atoms with Gasteiger partial charge in [0, 0.05) is 30.9 Å². The third kappa shape index (κ3) is 3.67. The Hall–Kier alpha value is -3.16. The highest BCUT2D eigenvalue weighted by atomic mass is 35.5. The van der Waals surface area contributed by atoms with Gasteiger partial charge in [-0.1, -0.05) is 23.7 Å². The monoisotopic (exact) mass is 450 g/mol. The lowest BCUT2D eigenvalue weighted by Crippen LogP contribution is -2.40. The quantitative estimate of drug-likeness (QED) is 0.412. The second-order valence-corrected chi connectivity index (χ2v) is 8.75. The van der Waals surface area contributed by atoms with Gasteiger partial charge in [-0.2, -0.15) is 0 Å². The number of nitrogen functional groups attached to an aromatic ring is 1. The third-order valence-corrected chi connectivity index (χ3v) is 6.31. The average Bonchev–Trinajstić information content (AvgIpc) is 3.18. The van der Waals surface area contributed by atoms with Gasteiger partial charge < -0.3 is 21.4 Å². The maximum atomic E-state index is 14.3. The molecule has 5 rings (SSSR count). The number of fused-ring (bicyclic) bond motifs is 1. The Morgan fingerprint density at radius 1 is 1.19 bits per heavy atom. The van der Waals surface area contributed by atoms with Gasteiger partial charge in [0.15, 0.2) is 0 Å². The van der Waals surface area contributed by atoms with E-state index < -0.39 is 0 Å². The second kappa shape index (κ2) is 8.07. The number of aryl methyl sites for hydroxylation is 1. The molecule has 2 aromatic carbocycles. The fraction of sp³-hybridized carbons (Fsp3) is 0.250. The molecular weight excluding hydrogens is 427 g/mol. The number of rotatable bonds is 3. The van der Waals surface area contributed by atoms with E-state index in [0.29, 0.717) is 22.2 Å². The number of anilines is 2. The van der Waals surface area contributed by atoms with Crippen LogP contribution < -0.4 is 16.4 Å². The molecule has 1 aliphatic heterocycles. The van der Waals surface area contributed by atoms with Gasteiger partial charge in [0.25, 0.3) is 0 Å². The highest BCUT2D eigenvalue weighted by Crippen LogP contribution is 2.43. The maximum absolute atomic E-state index is 14.3. The van der Waals surface area contributed by atoms with Crippen molar-refractivity contribution in [1.82, 2.24) is 15.0 Å². The van der Waals surface area contributed by atoms with Crippen molar-refractivity contribution in [2.24, 2.45) is 5.73 Å². The van der Waals surface area contributed by atoms with E-state index in [0.717, 1.165) is 59.3 Å². The van der Waals surface area contributed by atoms with Crippen LogP contribution in [-0.4, -0.2) is 34.1 Å². The Balaban J connectivity index is 1.77. The molecule has 8 heteroatoms. The van der Waals surface area contributed by atoms with Crippen molar-refractivity contribution in [3.63, 3.8) is 0 Å². The van der Waals surface area contributed by atoms with E-state index in [2.05, 4.69) is 14.9 Å². The molecule has 4 aromatic rings. The summed E-state index contributed by atoms with van der Waals surface area (Å²) in [6, 6.07) is 10.7. The van der Waals surface area contributed by atoms with Crippen molar-refractivity contribution in [1.29, 1.82) is 0 Å². The molecule has 0 saturated carbocycles. The molecule has 3 heterocycles. The highest BCUT2D eigenvalue weighted by Gasteiger charge is 2.27. The molecule has 164 valence electrons. The molecule has 0 unspecified atom stereocenters. The van der Waals surface area contributed by atoms with E-state index in [1.54, 1.807) is 6.20 Å². The molecule has 1 fully saturated rings. The van der Waals surface area contributed by atoms with Crippen LogP contribution in [-0.2, 0) is 0 Å². The van der Waals surface area contributed by atoms with Gasteiger partial charge in [-0.25, -0.2) is 14.4 Å². The summed E-state index contributed by atoms with van der Waals surface area (Å²) in [7, 11) is 0. The zero-order valence-corrected chi connectivity index (χ0v) is 18.5. The normalized spacial score (nSPS) is 14.9. The molecule has 1 aliphatic rings. The molecule has 0 spiro atoms. The number of benzene rings is 2. The number of H-pyrrole nitrogens is 1. The van der Waals surface area contributed by atoms with Gasteiger partial charge >= 0.3 is 0 Å². The molecule has 0 radical (unpaired) electrons. The first-order chi connectivity index (χ1) is 15.4. The Bertz CT molecular complexity index is 1290. The summed E-state index contributed by atoms with van der Waals surface area (Å²) in [4.78, 5) is 14.8. The molecule has 0 aliphatic carbocycles. The third-order valence-electron chi connectivity index (χ3n) is 5.99. The van der Waals surface area contributed by atoms with Crippen molar-refractivity contribution in [2.75, 3.05) is 23.7 Å². The number of aromatic nitrogens is 3. The fourth-order valence-electron chi connectivity index (χ4n) is 4.42. The first kappa shape index (κ1) is 20.7. The molecule has 6 nitrogen and oxygen atoms in total. The smallest absolute Gasteiger partial charge is 0.144 e. The van der Waals surface area contributed by atoms with Crippen molar-refractivity contribution in [3.05, 3.63) is 59.0 Å². The summed E-state index contributed by atoms with van der Waals surface area (Å²) < 4.78 is 14.3. The van der Waals surface area contributed by atoms with Gasteiger partial charge in [-0.05, 0) is 55.2 Å². The fourth-order valence-corrected chi connectivity index (χ4v) is 4.64. The van der Waals surface area contributed by atoms with E-state index in [4.69, 9.17) is 28.1 Å². The van der Waals surface area contributed by atoms with Gasteiger partial charge in [0.1, 0.15) is 17.5 Å². The first-order valence-electron chi connectivity index (χ1n) is 10.6. The van der Waals surface area contributed by atoms with Crippen molar-refractivity contribution in [3.8, 4) is 22.5 Å². The maximum Gasteiger partial charge on any atom is 0.144 e. The molecular formula is C24H24ClFN6. The van der Waals surface area contributed by atoms with E-state index >= 15 is 0 Å². The number of para-hydroxylation sites is 1. The largest absolute Gasteiger partial charge is 0.383 e. The van der Waals surface area contributed by atoms with Gasteiger partial charge in [0.2, 0.25) is 0 Å². The number of halogens is 2. The number of aromatic amines is 1. The number of nitrogens with two attached hydrogens (primary N) is 2. The van der Waals surface area contributed by atoms with Crippen LogP contribution in [0.5, 0.6) is 0 Å². The van der Waals surface area contributed by atoms with Crippen LogP contribution in [0.1, 0.15) is 18.4 Å². The standard InChI is InChI=1S/C24H24ClFN6/c1-13-9-14(11-15(26)10-13)17-12-29-23(28)20(22(17)32-7-5-16(27)6-8-32)24-30-19-4-2-3-18(25)21(19)31-24/h2-4,9-12,16H,5-8,27H2,1H3,(H2,28,29)(H,30,31). The van der Waals surface area contributed by atoms with Crippen LogP contribution in [0.3, 0.4) is 0 Å². The zero-order valence-electron chi connectivity index (χ0n) is 17.7. The summed E-state index contributed by atoms with van der Waals surface area (Å²) >= 11 is 6.38. The molecule has 2 aromatic heterocycles. The Kier molecular flexibility index (Phi) is 5.23. The molecule has 5 N–H and O–H groups in total. The van der Waals surface area contributed by atoms with E-state index in [-0.39, 0.29) is 11.9 Å². The summed E-state index contributed by atoms with van der Waals surface area (Å²) in [5, 5.41) is 0.579. The first-order valence-corrected chi connectivity index (χ1v) is 11.0. The van der Waals surface area contributed by atoms with Crippen LogP contribution in [0, 0.1) is 12.7 Å². The molecule has 0 atom stereocenters. The number of hydrogen-bond acceptors (Lipinski definition) is 5. The minimum Gasteiger partial charge on any atom is -0.383 e. The topological polar surface area (TPSA) is 96.8 Å². The van der Waals surface area contributed by atoms with Crippen LogP contribution in [0.4, 0.5) is 15.9 Å². The predicted octanol–water partition coefficient (Wildman–Crippen LogP) is 4.90. The van der Waals surface area contributed by atoms with E-state index in [1.807, 2.05) is 31.2 Å². The van der Waals surface area contributed by atoms with Crippen LogP contribution in [0.2, 0.25) is 5.02 Å². The Morgan fingerprint density at radius 2 is 1.97 bits per heavy atom. The number of pyridine rings is 1. The van der Waals surface area contributed by atoms with Gasteiger partial charge in [0.05, 0.1) is 27.3 Å². The van der Waals surface area contributed by atoms with Crippen LogP contribution in [0.25, 0.3) is 33.5 Å². The van der Waals surface area contributed by atoms with Crippen LogP contribution in [0.15, 0.2) is 42.6 Å². The summed E-state index contributed by atoms with van der Waals surface area (Å²) in [5.41, 5.74) is 18.0. The molecule has 0 amide bonds. The Morgan fingerprint density at radius 3 is 2.69 bits per heavy atom. The number of nitrogens with one attached hydrogen (secondary N) is 1. The lowest BCUT2D eigenvalue weighted by Gasteiger charge is -2.34. The SMILES string of the molecule is Cc1cc(F)cc(-c2cnc(N)c(-c3nc4cccc(Cl)c4[nH]3)c2N2CCC(N)CC2)c1. The Labute approximate surface area is 190 Å². The molecule has 0 bridgehead atoms. The molecule has 1 saturated heterocycles. The minimum absolute atomic E-state index is 0.166. The average molecular weight is 451 g/mol. The van der Waals surface area contributed by atoms with Gasteiger partial charge in [-0.15, -0.1) is 0 Å². The lowest BCUT2D eigenvalue weighted by atomic mass is 9.97. The van der Waals surface area contributed by atoms with Crippen molar-refractivity contribution in [2.45, 2.75) is 25.8 Å². The summed E-state index contributed by atoms with van der Waals surface area (Å²) in [6.45, 7) is 3.40.